The lowest BCUT2D eigenvalue weighted by molar-refractivity contribution is 0.0546. The zero-order valence-electron chi connectivity index (χ0n) is 15.0. The molecule has 7 heteroatoms. The number of hydrogen-bond acceptors (Lipinski definition) is 5. The fourth-order valence-corrected chi connectivity index (χ4v) is 4.93. The van der Waals surface area contributed by atoms with Crippen LogP contribution in [0.25, 0.3) is 22.0 Å². The Morgan fingerprint density at radius 1 is 1.21 bits per heavy atom. The molecule has 0 unspecified atom stereocenters. The third kappa shape index (κ3) is 2.92. The highest BCUT2D eigenvalue weighted by molar-refractivity contribution is 8.00. The number of carbonyl (C=O) groups is 1. The van der Waals surface area contributed by atoms with Crippen LogP contribution in [-0.4, -0.2) is 40.1 Å². The maximum absolute atomic E-state index is 13.0. The van der Waals surface area contributed by atoms with Crippen LogP contribution in [0, 0.1) is 0 Å². The Morgan fingerprint density at radius 3 is 2.86 bits per heavy atom. The first-order valence-electron chi connectivity index (χ1n) is 9.23. The van der Waals surface area contributed by atoms with Crippen molar-refractivity contribution in [2.24, 2.45) is 0 Å². The Bertz CT molecular complexity index is 1100. The number of nitrogens with zero attached hydrogens (tertiary/aromatic N) is 2. The van der Waals surface area contributed by atoms with Crippen LogP contribution in [0.1, 0.15) is 23.2 Å². The first-order chi connectivity index (χ1) is 13.6. The van der Waals surface area contributed by atoms with E-state index in [0.717, 1.165) is 32.6 Å². The number of fused-ring (bicyclic) bond motifs is 5. The number of anilines is 1. The van der Waals surface area contributed by atoms with Gasteiger partial charge in [-0.05, 0) is 61.2 Å². The molecular weight excluding hydrogens is 394 g/mol. The molecule has 0 saturated carbocycles. The standard InChI is InChI=1S/C21H18ClN3O2S/c22-17-11-16-15-10-12(21(27)25-8-5-13(26)6-9-25)3-4-18(15)28-24-20(16)19-14(17)2-1-7-23-19/h1-4,7,10-11,13,24,26H,5-6,8-9H2. The summed E-state index contributed by atoms with van der Waals surface area (Å²) in [5.41, 5.74) is 4.33. The number of rotatable bonds is 1. The topological polar surface area (TPSA) is 65.5 Å². The first-order valence-corrected chi connectivity index (χ1v) is 10.4. The molecule has 28 heavy (non-hydrogen) atoms. The monoisotopic (exact) mass is 411 g/mol. The summed E-state index contributed by atoms with van der Waals surface area (Å²) in [6.45, 7) is 1.18. The van der Waals surface area contributed by atoms with Crippen LogP contribution in [0.4, 0.5) is 5.69 Å². The fraction of sp³-hybridized carbons (Fsp3) is 0.238. The predicted octanol–water partition coefficient (Wildman–Crippen LogP) is 4.58. The van der Waals surface area contributed by atoms with Crippen molar-refractivity contribution in [3.05, 3.63) is 53.2 Å². The maximum Gasteiger partial charge on any atom is 0.253 e. The molecule has 1 fully saturated rings. The van der Waals surface area contributed by atoms with E-state index in [-0.39, 0.29) is 12.0 Å². The number of likely N-dealkylation sites (tertiary alicyclic amines) is 1. The van der Waals surface area contributed by atoms with Crippen LogP contribution in [-0.2, 0) is 0 Å². The lowest BCUT2D eigenvalue weighted by Crippen LogP contribution is -2.40. The van der Waals surface area contributed by atoms with E-state index in [1.54, 1.807) is 6.20 Å². The molecule has 0 spiro atoms. The number of nitrogens with one attached hydrogen (secondary N) is 1. The van der Waals surface area contributed by atoms with E-state index >= 15 is 0 Å². The summed E-state index contributed by atoms with van der Waals surface area (Å²) < 4.78 is 3.38. The molecule has 2 aromatic carbocycles. The Balaban J connectivity index is 1.58. The van der Waals surface area contributed by atoms with Gasteiger partial charge < -0.3 is 14.7 Å². The van der Waals surface area contributed by atoms with Gasteiger partial charge in [0.25, 0.3) is 5.91 Å². The number of aliphatic hydroxyl groups is 1. The number of aliphatic hydroxyl groups excluding tert-OH is 1. The number of pyridine rings is 1. The summed E-state index contributed by atoms with van der Waals surface area (Å²) in [7, 11) is 0. The number of piperidine rings is 1. The molecule has 0 aliphatic carbocycles. The number of halogens is 1. The van der Waals surface area contributed by atoms with Crippen LogP contribution in [0.15, 0.2) is 47.5 Å². The maximum atomic E-state index is 13.0. The van der Waals surface area contributed by atoms with Crippen molar-refractivity contribution in [2.75, 3.05) is 17.8 Å². The molecule has 2 aliphatic heterocycles. The normalized spacial score (nSPS) is 16.4. The van der Waals surface area contributed by atoms with E-state index in [0.29, 0.717) is 36.5 Å². The van der Waals surface area contributed by atoms with Gasteiger partial charge in [0.2, 0.25) is 0 Å². The molecule has 0 atom stereocenters. The van der Waals surface area contributed by atoms with E-state index in [9.17, 15) is 9.90 Å². The second kappa shape index (κ2) is 6.95. The summed E-state index contributed by atoms with van der Waals surface area (Å²) in [6, 6.07) is 11.6. The SMILES string of the molecule is O=C(c1ccc2c(c1)-c1cc(Cl)c3cccnc3c1NS2)N1CCC(O)CC1. The second-order valence-corrected chi connectivity index (χ2v) is 8.37. The summed E-state index contributed by atoms with van der Waals surface area (Å²) in [5.74, 6) is 0.00444. The lowest BCUT2D eigenvalue weighted by atomic mass is 9.98. The van der Waals surface area contributed by atoms with Crippen LogP contribution in [0.5, 0.6) is 0 Å². The molecule has 3 heterocycles. The highest BCUT2D eigenvalue weighted by Gasteiger charge is 2.25. The highest BCUT2D eigenvalue weighted by atomic mass is 35.5. The number of carbonyl (C=O) groups excluding carboxylic acids is 1. The van der Waals surface area contributed by atoms with E-state index < -0.39 is 0 Å². The number of aromatic nitrogens is 1. The van der Waals surface area contributed by atoms with E-state index in [4.69, 9.17) is 11.6 Å². The van der Waals surface area contributed by atoms with Gasteiger partial charge in [-0.1, -0.05) is 11.6 Å². The van der Waals surface area contributed by atoms with Gasteiger partial charge in [-0.2, -0.15) is 0 Å². The van der Waals surface area contributed by atoms with E-state index in [1.165, 1.54) is 11.9 Å². The minimum Gasteiger partial charge on any atom is -0.393 e. The fourth-order valence-electron chi connectivity index (χ4n) is 3.84. The Hall–Kier alpha value is -2.28. The molecule has 1 saturated heterocycles. The molecule has 2 N–H and O–H groups in total. The largest absolute Gasteiger partial charge is 0.393 e. The second-order valence-electron chi connectivity index (χ2n) is 7.12. The van der Waals surface area contributed by atoms with Crippen molar-refractivity contribution in [1.82, 2.24) is 9.88 Å². The Morgan fingerprint density at radius 2 is 2.04 bits per heavy atom. The summed E-state index contributed by atoms with van der Waals surface area (Å²) in [4.78, 5) is 20.3. The molecule has 3 aromatic rings. The van der Waals surface area contributed by atoms with E-state index in [1.807, 2.05) is 41.3 Å². The van der Waals surface area contributed by atoms with Gasteiger partial charge >= 0.3 is 0 Å². The lowest BCUT2D eigenvalue weighted by Gasteiger charge is -2.30. The molecule has 5 rings (SSSR count). The third-order valence-corrected chi connectivity index (χ3v) is 6.57. The van der Waals surface area contributed by atoms with E-state index in [2.05, 4.69) is 9.71 Å². The average Bonchev–Trinajstić information content (AvgIpc) is 2.73. The molecule has 0 radical (unpaired) electrons. The van der Waals surface area contributed by atoms with Crippen molar-refractivity contribution in [3.63, 3.8) is 0 Å². The number of benzene rings is 2. The molecular formula is C21H18ClN3O2S. The van der Waals surface area contributed by atoms with Gasteiger partial charge in [0.05, 0.1) is 22.3 Å². The van der Waals surface area contributed by atoms with Crippen molar-refractivity contribution in [1.29, 1.82) is 0 Å². The smallest absolute Gasteiger partial charge is 0.253 e. The molecule has 142 valence electrons. The first kappa shape index (κ1) is 17.8. The highest BCUT2D eigenvalue weighted by Crippen LogP contribution is 2.47. The van der Waals surface area contributed by atoms with Crippen LogP contribution < -0.4 is 4.72 Å². The molecule has 2 aliphatic rings. The predicted molar refractivity (Wildman–Crippen MR) is 113 cm³/mol. The van der Waals surface area contributed by atoms with Gasteiger partial charge in [-0.3, -0.25) is 9.78 Å². The van der Waals surface area contributed by atoms with Crippen molar-refractivity contribution >= 4 is 46.0 Å². The van der Waals surface area contributed by atoms with Crippen LogP contribution in [0.3, 0.4) is 0 Å². The van der Waals surface area contributed by atoms with Gasteiger partial charge in [-0.15, -0.1) is 0 Å². The zero-order chi connectivity index (χ0) is 19.3. The average molecular weight is 412 g/mol. The third-order valence-electron chi connectivity index (χ3n) is 5.37. The Labute approximate surface area is 171 Å². The van der Waals surface area contributed by atoms with Crippen molar-refractivity contribution in [2.45, 2.75) is 23.8 Å². The Kier molecular flexibility index (Phi) is 4.42. The van der Waals surface area contributed by atoms with Gasteiger partial charge in [0, 0.05) is 46.3 Å². The zero-order valence-corrected chi connectivity index (χ0v) is 16.6. The summed E-state index contributed by atoms with van der Waals surface area (Å²) >= 11 is 8.04. The number of hydrogen-bond donors (Lipinski definition) is 2. The minimum atomic E-state index is -0.301. The van der Waals surface area contributed by atoms with Crippen molar-refractivity contribution < 1.29 is 9.90 Å². The van der Waals surface area contributed by atoms with Gasteiger partial charge in [0.15, 0.2) is 0 Å². The number of amides is 1. The van der Waals surface area contributed by atoms with Gasteiger partial charge in [0.1, 0.15) is 0 Å². The molecule has 1 amide bonds. The molecule has 1 aromatic heterocycles. The quantitative estimate of drug-likeness (QED) is 0.573. The molecule has 5 nitrogen and oxygen atoms in total. The van der Waals surface area contributed by atoms with Gasteiger partial charge in [-0.25, -0.2) is 0 Å². The van der Waals surface area contributed by atoms with Crippen LogP contribution >= 0.6 is 23.5 Å². The summed E-state index contributed by atoms with van der Waals surface area (Å²) in [5, 5.41) is 11.2. The molecule has 0 bridgehead atoms. The summed E-state index contributed by atoms with van der Waals surface area (Å²) in [6.07, 6.45) is 2.72. The minimum absolute atomic E-state index is 0.00444. The van der Waals surface area contributed by atoms with Crippen molar-refractivity contribution in [3.8, 4) is 11.1 Å². The van der Waals surface area contributed by atoms with Crippen LogP contribution in [0.2, 0.25) is 5.02 Å².